The second kappa shape index (κ2) is 5.52. The number of nitrogens with zero attached hydrogens (tertiary/aromatic N) is 1. The van der Waals surface area contributed by atoms with Gasteiger partial charge in [-0.2, -0.15) is 0 Å². The molecule has 0 aliphatic heterocycles. The van der Waals surface area contributed by atoms with Gasteiger partial charge in [0.05, 0.1) is 11.8 Å². The van der Waals surface area contributed by atoms with E-state index < -0.39 is 6.10 Å². The van der Waals surface area contributed by atoms with Crippen molar-refractivity contribution in [2.45, 2.75) is 26.4 Å². The fourth-order valence-corrected chi connectivity index (χ4v) is 2.25. The monoisotopic (exact) mass is 271 g/mol. The lowest BCUT2D eigenvalue weighted by atomic mass is 10.1. The number of hydrogen-bond donors (Lipinski definition) is 1. The third kappa shape index (κ3) is 3.21. The molecule has 0 heterocycles. The summed E-state index contributed by atoms with van der Waals surface area (Å²) in [6.45, 7) is 4.97. The lowest BCUT2D eigenvalue weighted by molar-refractivity contribution is 0.199. The van der Waals surface area contributed by atoms with Crippen LogP contribution in [0, 0.1) is 0 Å². The fourth-order valence-electron chi connectivity index (χ4n) is 1.55. The molecule has 15 heavy (non-hydrogen) atoms. The van der Waals surface area contributed by atoms with E-state index in [2.05, 4.69) is 34.8 Å². The smallest absolute Gasteiger partial charge is 0.0762 e. The number of halogens is 1. The summed E-state index contributed by atoms with van der Waals surface area (Å²) >= 11 is 3.53. The standard InChI is InChI=1S/C12H18BrNO/c1-4-7-14(3)12-6-5-10(9(2)15)8-11(12)13/h5-6,8-9,15H,4,7H2,1-3H3. The van der Waals surface area contributed by atoms with Gasteiger partial charge in [0.15, 0.2) is 0 Å². The highest BCUT2D eigenvalue weighted by Gasteiger charge is 2.07. The largest absolute Gasteiger partial charge is 0.389 e. The molecule has 0 spiro atoms. The van der Waals surface area contributed by atoms with E-state index in [1.54, 1.807) is 6.92 Å². The zero-order valence-corrected chi connectivity index (χ0v) is 11.1. The van der Waals surface area contributed by atoms with Gasteiger partial charge in [0.1, 0.15) is 0 Å². The maximum absolute atomic E-state index is 9.45. The predicted octanol–water partition coefficient (Wildman–Crippen LogP) is 3.35. The lowest BCUT2D eigenvalue weighted by Crippen LogP contribution is -2.18. The topological polar surface area (TPSA) is 23.5 Å². The van der Waals surface area contributed by atoms with Crippen molar-refractivity contribution in [3.8, 4) is 0 Å². The highest BCUT2D eigenvalue weighted by atomic mass is 79.9. The first-order valence-corrected chi connectivity index (χ1v) is 6.04. The molecule has 0 aliphatic rings. The van der Waals surface area contributed by atoms with Crippen LogP contribution in [0.1, 0.15) is 31.9 Å². The van der Waals surface area contributed by atoms with Gasteiger partial charge >= 0.3 is 0 Å². The summed E-state index contributed by atoms with van der Waals surface area (Å²) in [6.07, 6.45) is 0.716. The fraction of sp³-hybridized carbons (Fsp3) is 0.500. The average Bonchev–Trinajstić information content (AvgIpc) is 2.17. The molecule has 0 aromatic heterocycles. The molecule has 1 N–H and O–H groups in total. The third-order valence-corrected chi connectivity index (χ3v) is 3.06. The molecule has 1 atom stereocenters. The number of hydrogen-bond acceptors (Lipinski definition) is 2. The molecular formula is C12H18BrNO. The van der Waals surface area contributed by atoms with Crippen LogP contribution in [-0.4, -0.2) is 18.7 Å². The summed E-state index contributed by atoms with van der Waals surface area (Å²) in [5.74, 6) is 0. The van der Waals surface area contributed by atoms with E-state index in [9.17, 15) is 5.11 Å². The second-order valence-corrected chi connectivity index (χ2v) is 4.66. The molecule has 0 radical (unpaired) electrons. The summed E-state index contributed by atoms with van der Waals surface area (Å²) in [5.41, 5.74) is 2.11. The molecule has 0 saturated heterocycles. The maximum Gasteiger partial charge on any atom is 0.0762 e. The molecule has 3 heteroatoms. The van der Waals surface area contributed by atoms with Gasteiger partial charge in [0.2, 0.25) is 0 Å². The first kappa shape index (κ1) is 12.5. The minimum absolute atomic E-state index is 0.410. The quantitative estimate of drug-likeness (QED) is 0.908. The van der Waals surface area contributed by atoms with Crippen molar-refractivity contribution in [1.82, 2.24) is 0 Å². The molecule has 0 aliphatic carbocycles. The van der Waals surface area contributed by atoms with Crippen LogP contribution in [0.25, 0.3) is 0 Å². The van der Waals surface area contributed by atoms with Gasteiger partial charge in [-0.3, -0.25) is 0 Å². The SMILES string of the molecule is CCCN(C)c1ccc(C(C)O)cc1Br. The summed E-state index contributed by atoms with van der Waals surface area (Å²) in [5, 5.41) is 9.45. The van der Waals surface area contributed by atoms with Gasteiger partial charge in [-0.05, 0) is 47.0 Å². The van der Waals surface area contributed by atoms with Crippen molar-refractivity contribution in [3.63, 3.8) is 0 Å². The molecule has 84 valence electrons. The number of anilines is 1. The minimum Gasteiger partial charge on any atom is -0.389 e. The number of aliphatic hydroxyl groups excluding tert-OH is 1. The highest BCUT2D eigenvalue weighted by Crippen LogP contribution is 2.28. The Morgan fingerprint density at radius 2 is 2.13 bits per heavy atom. The summed E-state index contributed by atoms with van der Waals surface area (Å²) in [4.78, 5) is 2.20. The first-order chi connectivity index (χ1) is 7.06. The van der Waals surface area contributed by atoms with Gasteiger partial charge in [-0.15, -0.1) is 0 Å². The van der Waals surface area contributed by atoms with Crippen LogP contribution < -0.4 is 4.90 Å². The summed E-state index contributed by atoms with van der Waals surface area (Å²) in [7, 11) is 2.08. The molecular weight excluding hydrogens is 254 g/mol. The lowest BCUT2D eigenvalue weighted by Gasteiger charge is -2.20. The van der Waals surface area contributed by atoms with Crippen LogP contribution in [0.5, 0.6) is 0 Å². The van der Waals surface area contributed by atoms with Crippen molar-refractivity contribution >= 4 is 21.6 Å². The molecule has 2 nitrogen and oxygen atoms in total. The van der Waals surface area contributed by atoms with E-state index in [0.717, 1.165) is 23.0 Å². The zero-order valence-electron chi connectivity index (χ0n) is 9.50. The molecule has 1 rings (SSSR count). The van der Waals surface area contributed by atoms with E-state index in [1.807, 2.05) is 18.2 Å². The van der Waals surface area contributed by atoms with Crippen LogP contribution in [-0.2, 0) is 0 Å². The molecule has 1 aromatic rings. The minimum atomic E-state index is -0.410. The van der Waals surface area contributed by atoms with Crippen LogP contribution >= 0.6 is 15.9 Å². The van der Waals surface area contributed by atoms with Gasteiger partial charge in [-0.1, -0.05) is 13.0 Å². The van der Waals surface area contributed by atoms with E-state index in [0.29, 0.717) is 0 Å². The van der Waals surface area contributed by atoms with E-state index in [1.165, 1.54) is 5.69 Å². The van der Waals surface area contributed by atoms with Crippen molar-refractivity contribution in [3.05, 3.63) is 28.2 Å². The highest BCUT2D eigenvalue weighted by molar-refractivity contribution is 9.10. The Kier molecular flexibility index (Phi) is 4.61. The normalized spacial score (nSPS) is 12.6. The van der Waals surface area contributed by atoms with Crippen LogP contribution in [0.4, 0.5) is 5.69 Å². The van der Waals surface area contributed by atoms with Gasteiger partial charge < -0.3 is 10.0 Å². The number of rotatable bonds is 4. The average molecular weight is 272 g/mol. The van der Waals surface area contributed by atoms with Crippen LogP contribution in [0.3, 0.4) is 0 Å². The van der Waals surface area contributed by atoms with E-state index >= 15 is 0 Å². The van der Waals surface area contributed by atoms with Crippen molar-refractivity contribution in [2.24, 2.45) is 0 Å². The Morgan fingerprint density at radius 1 is 1.47 bits per heavy atom. The van der Waals surface area contributed by atoms with Gasteiger partial charge in [-0.25, -0.2) is 0 Å². The first-order valence-electron chi connectivity index (χ1n) is 5.25. The number of aliphatic hydroxyl groups is 1. The second-order valence-electron chi connectivity index (χ2n) is 3.81. The molecule has 1 aromatic carbocycles. The molecule has 0 fully saturated rings. The molecule has 0 bridgehead atoms. The zero-order chi connectivity index (χ0) is 11.4. The van der Waals surface area contributed by atoms with E-state index in [4.69, 9.17) is 0 Å². The van der Waals surface area contributed by atoms with Crippen LogP contribution in [0.2, 0.25) is 0 Å². The summed E-state index contributed by atoms with van der Waals surface area (Å²) < 4.78 is 1.04. The van der Waals surface area contributed by atoms with Crippen molar-refractivity contribution in [1.29, 1.82) is 0 Å². The Hall–Kier alpha value is -0.540. The van der Waals surface area contributed by atoms with Crippen molar-refractivity contribution in [2.75, 3.05) is 18.5 Å². The molecule has 1 unspecified atom stereocenters. The maximum atomic E-state index is 9.45. The molecule has 0 saturated carbocycles. The predicted molar refractivity (Wildman–Crippen MR) is 68.3 cm³/mol. The van der Waals surface area contributed by atoms with E-state index in [-0.39, 0.29) is 0 Å². The van der Waals surface area contributed by atoms with Gasteiger partial charge in [0, 0.05) is 18.1 Å². The summed E-state index contributed by atoms with van der Waals surface area (Å²) in [6, 6.07) is 5.99. The Labute approximate surface area is 100 Å². The Bertz CT molecular complexity index is 325. The third-order valence-electron chi connectivity index (χ3n) is 2.42. The van der Waals surface area contributed by atoms with Crippen LogP contribution in [0.15, 0.2) is 22.7 Å². The van der Waals surface area contributed by atoms with Gasteiger partial charge in [0.25, 0.3) is 0 Å². The Balaban J connectivity index is 2.92. The number of benzene rings is 1. The Morgan fingerprint density at radius 3 is 2.60 bits per heavy atom. The van der Waals surface area contributed by atoms with Crippen molar-refractivity contribution < 1.29 is 5.11 Å². The molecule has 0 amide bonds.